The minimum atomic E-state index is -0.580. The SMILES string of the molecule is Cn1nc(-c2ccc(F)cc2F)cc1C1CCCN1. The third-order valence-electron chi connectivity index (χ3n) is 3.54. The van der Waals surface area contributed by atoms with Crippen LogP contribution in [0.15, 0.2) is 24.3 Å². The quantitative estimate of drug-likeness (QED) is 0.903. The third kappa shape index (κ3) is 2.26. The number of hydrogen-bond acceptors (Lipinski definition) is 2. The van der Waals surface area contributed by atoms with Gasteiger partial charge in [0.15, 0.2) is 0 Å². The highest BCUT2D eigenvalue weighted by atomic mass is 19.1. The average molecular weight is 263 g/mol. The molecule has 1 aliphatic heterocycles. The molecule has 1 aromatic heterocycles. The van der Waals surface area contributed by atoms with Crippen molar-refractivity contribution < 1.29 is 8.78 Å². The van der Waals surface area contributed by atoms with E-state index in [1.54, 1.807) is 4.68 Å². The fourth-order valence-electron chi connectivity index (χ4n) is 2.57. The average Bonchev–Trinajstić information content (AvgIpc) is 2.98. The highest BCUT2D eigenvalue weighted by molar-refractivity contribution is 5.60. The number of nitrogens with zero attached hydrogens (tertiary/aromatic N) is 2. The molecule has 1 fully saturated rings. The first-order chi connectivity index (χ1) is 9.15. The summed E-state index contributed by atoms with van der Waals surface area (Å²) >= 11 is 0. The number of aromatic nitrogens is 2. The zero-order valence-corrected chi connectivity index (χ0v) is 10.7. The number of rotatable bonds is 2. The van der Waals surface area contributed by atoms with Crippen molar-refractivity contribution in [3.63, 3.8) is 0 Å². The summed E-state index contributed by atoms with van der Waals surface area (Å²) in [6.07, 6.45) is 2.20. The van der Waals surface area contributed by atoms with E-state index >= 15 is 0 Å². The molecule has 1 atom stereocenters. The van der Waals surface area contributed by atoms with Gasteiger partial charge in [-0.2, -0.15) is 5.10 Å². The minimum absolute atomic E-state index is 0.273. The molecule has 0 bridgehead atoms. The van der Waals surface area contributed by atoms with E-state index in [-0.39, 0.29) is 6.04 Å². The van der Waals surface area contributed by atoms with Gasteiger partial charge in [-0.15, -0.1) is 0 Å². The molecular formula is C14H15F2N3. The van der Waals surface area contributed by atoms with Crippen molar-refractivity contribution in [3.05, 3.63) is 41.6 Å². The van der Waals surface area contributed by atoms with E-state index in [1.807, 2.05) is 13.1 Å². The van der Waals surface area contributed by atoms with Gasteiger partial charge in [0, 0.05) is 24.7 Å². The van der Waals surface area contributed by atoms with E-state index in [0.29, 0.717) is 11.3 Å². The van der Waals surface area contributed by atoms with Crippen LogP contribution < -0.4 is 5.32 Å². The van der Waals surface area contributed by atoms with Gasteiger partial charge in [-0.3, -0.25) is 4.68 Å². The fraction of sp³-hybridized carbons (Fsp3) is 0.357. The lowest BCUT2D eigenvalue weighted by Gasteiger charge is -2.09. The van der Waals surface area contributed by atoms with Crippen LogP contribution in [0.1, 0.15) is 24.6 Å². The molecule has 0 amide bonds. The fourth-order valence-corrected chi connectivity index (χ4v) is 2.57. The Morgan fingerprint density at radius 2 is 2.16 bits per heavy atom. The number of nitrogens with one attached hydrogen (secondary N) is 1. The van der Waals surface area contributed by atoms with Crippen molar-refractivity contribution >= 4 is 0 Å². The van der Waals surface area contributed by atoms with Crippen LogP contribution in [0.25, 0.3) is 11.3 Å². The second-order valence-corrected chi connectivity index (χ2v) is 4.85. The van der Waals surface area contributed by atoms with Crippen LogP contribution in [-0.4, -0.2) is 16.3 Å². The lowest BCUT2D eigenvalue weighted by Crippen LogP contribution is -2.16. The lowest BCUT2D eigenvalue weighted by molar-refractivity contribution is 0.573. The number of aryl methyl sites for hydroxylation is 1. The summed E-state index contributed by atoms with van der Waals surface area (Å²) in [6, 6.07) is 5.71. The monoisotopic (exact) mass is 263 g/mol. The smallest absolute Gasteiger partial charge is 0.135 e. The summed E-state index contributed by atoms with van der Waals surface area (Å²) in [5.74, 6) is -1.15. The van der Waals surface area contributed by atoms with E-state index < -0.39 is 11.6 Å². The molecule has 0 saturated carbocycles. The molecule has 1 aliphatic rings. The minimum Gasteiger partial charge on any atom is -0.309 e. The summed E-state index contributed by atoms with van der Waals surface area (Å²) in [7, 11) is 1.85. The van der Waals surface area contributed by atoms with Crippen LogP contribution >= 0.6 is 0 Å². The van der Waals surface area contributed by atoms with Crippen molar-refractivity contribution in [2.45, 2.75) is 18.9 Å². The summed E-state index contributed by atoms with van der Waals surface area (Å²) in [4.78, 5) is 0. The first-order valence-electron chi connectivity index (χ1n) is 6.38. The zero-order valence-electron chi connectivity index (χ0n) is 10.7. The Kier molecular flexibility index (Phi) is 3.06. The van der Waals surface area contributed by atoms with Crippen LogP contribution in [0.3, 0.4) is 0 Å². The molecule has 0 aliphatic carbocycles. The molecule has 2 heterocycles. The first kappa shape index (κ1) is 12.3. The molecular weight excluding hydrogens is 248 g/mol. The van der Waals surface area contributed by atoms with Crippen LogP contribution in [-0.2, 0) is 7.05 Å². The first-order valence-corrected chi connectivity index (χ1v) is 6.38. The Labute approximate surface area is 110 Å². The topological polar surface area (TPSA) is 29.9 Å². The van der Waals surface area contributed by atoms with Gasteiger partial charge >= 0.3 is 0 Å². The standard InChI is InChI=1S/C14H15F2N3/c1-19-14(12-3-2-6-17-12)8-13(18-19)10-5-4-9(15)7-11(10)16/h4-5,7-8,12,17H,2-3,6H2,1H3. The van der Waals surface area contributed by atoms with Gasteiger partial charge < -0.3 is 5.32 Å². The van der Waals surface area contributed by atoms with Crippen LogP contribution in [0.4, 0.5) is 8.78 Å². The molecule has 0 spiro atoms. The zero-order chi connectivity index (χ0) is 13.4. The van der Waals surface area contributed by atoms with Crippen molar-refractivity contribution in [2.24, 2.45) is 7.05 Å². The van der Waals surface area contributed by atoms with Crippen molar-refractivity contribution in [1.29, 1.82) is 0 Å². The van der Waals surface area contributed by atoms with Crippen LogP contribution in [0, 0.1) is 11.6 Å². The van der Waals surface area contributed by atoms with Crippen LogP contribution in [0.2, 0.25) is 0 Å². The molecule has 3 rings (SSSR count). The normalized spacial score (nSPS) is 19.0. The van der Waals surface area contributed by atoms with Gasteiger partial charge in [0.25, 0.3) is 0 Å². The maximum Gasteiger partial charge on any atom is 0.135 e. The largest absolute Gasteiger partial charge is 0.309 e. The molecule has 1 saturated heterocycles. The maximum absolute atomic E-state index is 13.7. The number of benzene rings is 1. The van der Waals surface area contributed by atoms with Crippen molar-refractivity contribution in [3.8, 4) is 11.3 Å². The highest BCUT2D eigenvalue weighted by Gasteiger charge is 2.21. The Morgan fingerprint density at radius 3 is 2.84 bits per heavy atom. The molecule has 1 aromatic carbocycles. The predicted molar refractivity (Wildman–Crippen MR) is 68.5 cm³/mol. The Hall–Kier alpha value is -1.75. The van der Waals surface area contributed by atoms with Crippen LogP contribution in [0.5, 0.6) is 0 Å². The molecule has 100 valence electrons. The second-order valence-electron chi connectivity index (χ2n) is 4.85. The van der Waals surface area contributed by atoms with Crippen molar-refractivity contribution in [1.82, 2.24) is 15.1 Å². The Bertz CT molecular complexity index is 601. The summed E-state index contributed by atoms with van der Waals surface area (Å²) in [5, 5.41) is 7.72. The Balaban J connectivity index is 1.99. The lowest BCUT2D eigenvalue weighted by atomic mass is 10.1. The van der Waals surface area contributed by atoms with Gasteiger partial charge in [-0.05, 0) is 37.6 Å². The molecule has 19 heavy (non-hydrogen) atoms. The second kappa shape index (κ2) is 4.74. The van der Waals surface area contributed by atoms with Crippen molar-refractivity contribution in [2.75, 3.05) is 6.54 Å². The van der Waals surface area contributed by atoms with Gasteiger partial charge in [0.1, 0.15) is 11.6 Å². The highest BCUT2D eigenvalue weighted by Crippen LogP contribution is 2.28. The maximum atomic E-state index is 13.7. The van der Waals surface area contributed by atoms with Gasteiger partial charge in [0.2, 0.25) is 0 Å². The van der Waals surface area contributed by atoms with Gasteiger partial charge in [0.05, 0.1) is 11.4 Å². The third-order valence-corrected chi connectivity index (χ3v) is 3.54. The van der Waals surface area contributed by atoms with E-state index in [2.05, 4.69) is 10.4 Å². The summed E-state index contributed by atoms with van der Waals surface area (Å²) < 4.78 is 28.4. The molecule has 1 N–H and O–H groups in total. The van der Waals surface area contributed by atoms with E-state index in [9.17, 15) is 8.78 Å². The molecule has 5 heteroatoms. The molecule has 0 radical (unpaired) electrons. The molecule has 1 unspecified atom stereocenters. The number of hydrogen-bond donors (Lipinski definition) is 1. The summed E-state index contributed by atoms with van der Waals surface area (Å²) in [5.41, 5.74) is 1.92. The van der Waals surface area contributed by atoms with E-state index in [1.165, 1.54) is 12.1 Å². The van der Waals surface area contributed by atoms with Gasteiger partial charge in [-0.25, -0.2) is 8.78 Å². The molecule has 3 nitrogen and oxygen atoms in total. The Morgan fingerprint density at radius 1 is 1.32 bits per heavy atom. The van der Waals surface area contributed by atoms with Gasteiger partial charge in [-0.1, -0.05) is 0 Å². The van der Waals surface area contributed by atoms with E-state index in [4.69, 9.17) is 0 Å². The molecule has 2 aromatic rings. The predicted octanol–water partition coefficient (Wildman–Crippen LogP) is 2.79. The summed E-state index contributed by atoms with van der Waals surface area (Å²) in [6.45, 7) is 0.996. The van der Waals surface area contributed by atoms with E-state index in [0.717, 1.165) is 31.1 Å². The number of halogens is 2.